The first kappa shape index (κ1) is 8.30. The van der Waals surface area contributed by atoms with Gasteiger partial charge in [0.05, 0.1) is 0 Å². The van der Waals surface area contributed by atoms with Crippen molar-refractivity contribution in [2.45, 2.75) is 13.0 Å². The van der Waals surface area contributed by atoms with Gasteiger partial charge in [0.1, 0.15) is 5.02 Å². The molecule has 1 atom stereocenters. The predicted molar refractivity (Wildman–Crippen MR) is 44.7 cm³/mol. The summed E-state index contributed by atoms with van der Waals surface area (Å²) in [5.41, 5.74) is 6.10. The van der Waals surface area contributed by atoms with Gasteiger partial charge in [0.2, 0.25) is 0 Å². The van der Waals surface area contributed by atoms with E-state index in [1.165, 1.54) is 0 Å². The highest BCUT2D eigenvalue weighted by Crippen LogP contribution is 2.09. The maximum Gasteiger partial charge on any atom is 0.266 e. The quantitative estimate of drug-likeness (QED) is 0.665. The SMILES string of the molecule is CC(N)c1c[nH]c(=O)c(Cl)c1. The van der Waals surface area contributed by atoms with Crippen LogP contribution < -0.4 is 11.3 Å². The van der Waals surface area contributed by atoms with Crippen LogP contribution in [-0.2, 0) is 0 Å². The highest BCUT2D eigenvalue weighted by molar-refractivity contribution is 6.30. The Bertz CT molecular complexity index is 306. The molecule has 0 spiro atoms. The molecule has 4 heteroatoms. The average molecular weight is 173 g/mol. The van der Waals surface area contributed by atoms with Crippen molar-refractivity contribution in [3.05, 3.63) is 33.2 Å². The highest BCUT2D eigenvalue weighted by Gasteiger charge is 2.01. The standard InChI is InChI=1S/C7H9ClN2O/c1-4(9)5-2-6(8)7(11)10-3-5/h2-4H,9H2,1H3,(H,10,11). The van der Waals surface area contributed by atoms with Gasteiger partial charge in [0, 0.05) is 12.2 Å². The first-order valence-electron chi connectivity index (χ1n) is 3.25. The molecule has 1 aromatic rings. The molecule has 0 aliphatic heterocycles. The molecule has 3 nitrogen and oxygen atoms in total. The summed E-state index contributed by atoms with van der Waals surface area (Å²) in [6.07, 6.45) is 1.57. The van der Waals surface area contributed by atoms with Gasteiger partial charge in [-0.3, -0.25) is 4.79 Å². The number of aromatic amines is 1. The second-order valence-corrected chi connectivity index (χ2v) is 2.81. The zero-order chi connectivity index (χ0) is 8.43. The Morgan fingerprint density at radius 2 is 2.36 bits per heavy atom. The summed E-state index contributed by atoms with van der Waals surface area (Å²) in [5, 5.41) is 0.180. The third-order valence-electron chi connectivity index (χ3n) is 1.41. The minimum atomic E-state index is -0.281. The van der Waals surface area contributed by atoms with Crippen LogP contribution in [0.3, 0.4) is 0 Å². The lowest BCUT2D eigenvalue weighted by Gasteiger charge is -2.03. The molecule has 0 radical (unpaired) electrons. The van der Waals surface area contributed by atoms with Gasteiger partial charge < -0.3 is 10.7 Å². The fourth-order valence-corrected chi connectivity index (χ4v) is 0.915. The number of H-pyrrole nitrogens is 1. The van der Waals surface area contributed by atoms with Gasteiger partial charge in [-0.05, 0) is 18.6 Å². The Labute approximate surface area is 69.2 Å². The van der Waals surface area contributed by atoms with Crippen LogP contribution in [0.4, 0.5) is 0 Å². The van der Waals surface area contributed by atoms with Crippen LogP contribution >= 0.6 is 11.6 Å². The third kappa shape index (κ3) is 1.82. The van der Waals surface area contributed by atoms with Crippen molar-refractivity contribution in [1.29, 1.82) is 0 Å². The Balaban J connectivity index is 3.15. The zero-order valence-corrected chi connectivity index (χ0v) is 6.85. The topological polar surface area (TPSA) is 58.9 Å². The number of halogens is 1. The number of hydrogen-bond donors (Lipinski definition) is 2. The molecule has 0 amide bonds. The number of nitrogens with two attached hydrogens (primary N) is 1. The molecule has 1 rings (SSSR count). The van der Waals surface area contributed by atoms with Crippen molar-refractivity contribution in [3.8, 4) is 0 Å². The molecule has 1 heterocycles. The first-order chi connectivity index (χ1) is 5.11. The fourth-order valence-electron chi connectivity index (χ4n) is 0.734. The van der Waals surface area contributed by atoms with Crippen molar-refractivity contribution in [2.24, 2.45) is 5.73 Å². The molecular weight excluding hydrogens is 164 g/mol. The largest absolute Gasteiger partial charge is 0.327 e. The summed E-state index contributed by atoms with van der Waals surface area (Å²) >= 11 is 5.56. The normalized spacial score (nSPS) is 13.0. The van der Waals surface area contributed by atoms with Crippen molar-refractivity contribution in [1.82, 2.24) is 4.98 Å². The monoisotopic (exact) mass is 172 g/mol. The lowest BCUT2D eigenvalue weighted by atomic mass is 10.2. The van der Waals surface area contributed by atoms with Gasteiger partial charge in [0.25, 0.3) is 5.56 Å². The smallest absolute Gasteiger partial charge is 0.266 e. The van der Waals surface area contributed by atoms with Crippen molar-refractivity contribution < 1.29 is 0 Å². The summed E-state index contributed by atoms with van der Waals surface area (Å²) in [7, 11) is 0. The van der Waals surface area contributed by atoms with Crippen LogP contribution in [0.2, 0.25) is 5.02 Å². The van der Waals surface area contributed by atoms with Gasteiger partial charge >= 0.3 is 0 Å². The van der Waals surface area contributed by atoms with Gasteiger partial charge in [-0.1, -0.05) is 11.6 Å². The van der Waals surface area contributed by atoms with Gasteiger partial charge in [-0.15, -0.1) is 0 Å². The Kier molecular flexibility index (Phi) is 2.31. The van der Waals surface area contributed by atoms with Crippen molar-refractivity contribution in [2.75, 3.05) is 0 Å². The van der Waals surface area contributed by atoms with E-state index in [-0.39, 0.29) is 16.6 Å². The molecular formula is C7H9ClN2O. The molecule has 0 bridgehead atoms. The number of nitrogens with one attached hydrogen (secondary N) is 1. The summed E-state index contributed by atoms with van der Waals surface area (Å²) in [6, 6.07) is 1.47. The molecule has 0 saturated heterocycles. The molecule has 0 saturated carbocycles. The zero-order valence-electron chi connectivity index (χ0n) is 6.10. The van der Waals surface area contributed by atoms with E-state index in [1.807, 2.05) is 6.92 Å². The summed E-state index contributed by atoms with van der Waals surface area (Å²) in [6.45, 7) is 1.82. The van der Waals surface area contributed by atoms with Gasteiger partial charge in [-0.2, -0.15) is 0 Å². The van der Waals surface area contributed by atoms with Crippen molar-refractivity contribution >= 4 is 11.6 Å². The molecule has 0 aliphatic rings. The maximum absolute atomic E-state index is 10.8. The van der Waals surface area contributed by atoms with E-state index in [4.69, 9.17) is 17.3 Å². The molecule has 60 valence electrons. The van der Waals surface area contributed by atoms with Crippen LogP contribution in [0.1, 0.15) is 18.5 Å². The van der Waals surface area contributed by atoms with E-state index < -0.39 is 0 Å². The first-order valence-corrected chi connectivity index (χ1v) is 3.63. The second kappa shape index (κ2) is 3.07. The third-order valence-corrected chi connectivity index (χ3v) is 1.69. The average Bonchev–Trinajstić information content (AvgIpc) is 1.94. The van der Waals surface area contributed by atoms with Crippen LogP contribution in [-0.4, -0.2) is 4.98 Å². The minimum absolute atomic E-state index is 0.107. The van der Waals surface area contributed by atoms with Crippen LogP contribution in [0.25, 0.3) is 0 Å². The molecule has 0 fully saturated rings. The Morgan fingerprint density at radius 1 is 1.73 bits per heavy atom. The highest BCUT2D eigenvalue weighted by atomic mass is 35.5. The van der Waals surface area contributed by atoms with Crippen LogP contribution in [0, 0.1) is 0 Å². The lowest BCUT2D eigenvalue weighted by Crippen LogP contribution is -2.11. The number of rotatable bonds is 1. The number of pyridine rings is 1. The van der Waals surface area contributed by atoms with Gasteiger partial charge in [0.15, 0.2) is 0 Å². The minimum Gasteiger partial charge on any atom is -0.327 e. The fraction of sp³-hybridized carbons (Fsp3) is 0.286. The molecule has 3 N–H and O–H groups in total. The summed E-state index contributed by atoms with van der Waals surface area (Å²) in [5.74, 6) is 0. The van der Waals surface area contributed by atoms with Crippen LogP contribution in [0.5, 0.6) is 0 Å². The second-order valence-electron chi connectivity index (χ2n) is 2.40. The van der Waals surface area contributed by atoms with Gasteiger partial charge in [-0.25, -0.2) is 0 Å². The van der Waals surface area contributed by atoms with E-state index in [9.17, 15) is 4.79 Å². The Morgan fingerprint density at radius 3 is 2.82 bits per heavy atom. The molecule has 11 heavy (non-hydrogen) atoms. The van der Waals surface area contributed by atoms with Crippen LogP contribution in [0.15, 0.2) is 17.1 Å². The molecule has 1 unspecified atom stereocenters. The van der Waals surface area contributed by atoms with E-state index in [0.717, 1.165) is 5.56 Å². The molecule has 0 aromatic carbocycles. The van der Waals surface area contributed by atoms with E-state index >= 15 is 0 Å². The predicted octanol–water partition coefficient (Wildman–Crippen LogP) is 1.05. The number of aromatic nitrogens is 1. The molecule has 1 aromatic heterocycles. The van der Waals surface area contributed by atoms with Crippen molar-refractivity contribution in [3.63, 3.8) is 0 Å². The number of hydrogen-bond acceptors (Lipinski definition) is 2. The summed E-state index contributed by atoms with van der Waals surface area (Å²) < 4.78 is 0. The maximum atomic E-state index is 10.8. The molecule has 0 aliphatic carbocycles. The van der Waals surface area contributed by atoms with E-state index in [2.05, 4.69) is 4.98 Å². The Hall–Kier alpha value is -0.800. The summed E-state index contributed by atoms with van der Waals surface area (Å²) in [4.78, 5) is 13.2. The lowest BCUT2D eigenvalue weighted by molar-refractivity contribution is 0.810. The van der Waals surface area contributed by atoms with E-state index in [1.54, 1.807) is 12.3 Å². The van der Waals surface area contributed by atoms with E-state index in [0.29, 0.717) is 0 Å².